The topological polar surface area (TPSA) is 55.4 Å². The Kier molecular flexibility index (Phi) is 5.31. The number of carbonyl (C=O) groups is 2. The van der Waals surface area contributed by atoms with Crippen molar-refractivity contribution in [2.24, 2.45) is 0 Å². The molecule has 2 aromatic carbocycles. The number of hydrogen-bond acceptors (Lipinski definition) is 3. The van der Waals surface area contributed by atoms with Gasteiger partial charge in [0.15, 0.2) is 6.61 Å². The molecule has 0 aliphatic rings. The second kappa shape index (κ2) is 7.41. The van der Waals surface area contributed by atoms with Gasteiger partial charge in [-0.2, -0.15) is 0 Å². The zero-order valence-electron chi connectivity index (χ0n) is 12.7. The fraction of sp³-hybridized carbons (Fsp3) is 0.222. The highest BCUT2D eigenvalue weighted by atomic mass is 16.5. The molecule has 2 rings (SSSR count). The standard InChI is InChI=1S/C18H19NO3/c1-13-7-6-10-16(11-13)18(21)22-12-17(20)19-14(2)15-8-4-3-5-9-15/h3-11,14H,12H2,1-2H3,(H,19,20)/t14-/m0/s1. The maximum absolute atomic E-state index is 11.9. The molecule has 0 bridgehead atoms. The van der Waals surface area contributed by atoms with Gasteiger partial charge < -0.3 is 10.1 Å². The van der Waals surface area contributed by atoms with E-state index in [0.29, 0.717) is 5.56 Å². The Morgan fingerprint density at radius 2 is 1.82 bits per heavy atom. The van der Waals surface area contributed by atoms with Crippen LogP contribution < -0.4 is 5.32 Å². The molecule has 0 spiro atoms. The van der Waals surface area contributed by atoms with Gasteiger partial charge in [-0.15, -0.1) is 0 Å². The molecule has 0 saturated heterocycles. The number of ether oxygens (including phenoxy) is 1. The largest absolute Gasteiger partial charge is 0.452 e. The van der Waals surface area contributed by atoms with E-state index < -0.39 is 5.97 Å². The first-order chi connectivity index (χ1) is 10.6. The highest BCUT2D eigenvalue weighted by Crippen LogP contribution is 2.11. The Morgan fingerprint density at radius 3 is 2.50 bits per heavy atom. The number of aryl methyl sites for hydroxylation is 1. The van der Waals surface area contributed by atoms with Gasteiger partial charge in [-0.1, -0.05) is 48.0 Å². The van der Waals surface area contributed by atoms with E-state index >= 15 is 0 Å². The molecule has 22 heavy (non-hydrogen) atoms. The van der Waals surface area contributed by atoms with Crippen LogP contribution in [-0.2, 0) is 9.53 Å². The van der Waals surface area contributed by atoms with Gasteiger partial charge in [-0.3, -0.25) is 4.79 Å². The van der Waals surface area contributed by atoms with Crippen molar-refractivity contribution < 1.29 is 14.3 Å². The number of nitrogens with one attached hydrogen (secondary N) is 1. The van der Waals surface area contributed by atoms with Crippen LogP contribution in [-0.4, -0.2) is 18.5 Å². The molecule has 114 valence electrons. The zero-order chi connectivity index (χ0) is 15.9. The lowest BCUT2D eigenvalue weighted by atomic mass is 10.1. The molecule has 0 heterocycles. The van der Waals surface area contributed by atoms with Crippen LogP contribution in [0.4, 0.5) is 0 Å². The Bertz CT molecular complexity index is 652. The van der Waals surface area contributed by atoms with Crippen LogP contribution in [0.15, 0.2) is 54.6 Å². The van der Waals surface area contributed by atoms with Crippen LogP contribution in [0.3, 0.4) is 0 Å². The fourth-order valence-corrected chi connectivity index (χ4v) is 2.09. The van der Waals surface area contributed by atoms with E-state index in [1.165, 1.54) is 0 Å². The smallest absolute Gasteiger partial charge is 0.338 e. The third kappa shape index (κ3) is 4.45. The Labute approximate surface area is 130 Å². The summed E-state index contributed by atoms with van der Waals surface area (Å²) in [5, 5.41) is 2.80. The van der Waals surface area contributed by atoms with Crippen LogP contribution >= 0.6 is 0 Å². The van der Waals surface area contributed by atoms with Crippen LogP contribution in [0.2, 0.25) is 0 Å². The summed E-state index contributed by atoms with van der Waals surface area (Å²) in [6, 6.07) is 16.5. The first-order valence-corrected chi connectivity index (χ1v) is 7.14. The monoisotopic (exact) mass is 297 g/mol. The molecule has 0 saturated carbocycles. The number of benzene rings is 2. The molecule has 0 radical (unpaired) electrons. The van der Waals surface area contributed by atoms with Crippen molar-refractivity contribution in [2.75, 3.05) is 6.61 Å². The maximum Gasteiger partial charge on any atom is 0.338 e. The molecule has 0 fully saturated rings. The van der Waals surface area contributed by atoms with Crippen LogP contribution in [0, 0.1) is 6.92 Å². The highest BCUT2D eigenvalue weighted by Gasteiger charge is 2.13. The number of hydrogen-bond donors (Lipinski definition) is 1. The maximum atomic E-state index is 11.9. The molecular formula is C18H19NO3. The molecule has 1 atom stereocenters. The molecule has 1 N–H and O–H groups in total. The molecule has 0 aromatic heterocycles. The molecule has 1 amide bonds. The SMILES string of the molecule is Cc1cccc(C(=O)OCC(=O)N[C@@H](C)c2ccccc2)c1. The average Bonchev–Trinajstić information content (AvgIpc) is 2.53. The first kappa shape index (κ1) is 15.8. The van der Waals surface area contributed by atoms with Gasteiger partial charge in [0.2, 0.25) is 0 Å². The van der Waals surface area contributed by atoms with Gasteiger partial charge in [-0.05, 0) is 31.5 Å². The highest BCUT2D eigenvalue weighted by molar-refractivity contribution is 5.91. The van der Waals surface area contributed by atoms with Gasteiger partial charge in [0.1, 0.15) is 0 Å². The number of rotatable bonds is 5. The van der Waals surface area contributed by atoms with E-state index in [2.05, 4.69) is 5.32 Å². The zero-order valence-corrected chi connectivity index (χ0v) is 12.7. The lowest BCUT2D eigenvalue weighted by Gasteiger charge is -2.14. The van der Waals surface area contributed by atoms with Crippen molar-refractivity contribution in [1.82, 2.24) is 5.32 Å². The number of carbonyl (C=O) groups excluding carboxylic acids is 2. The normalized spacial score (nSPS) is 11.5. The molecule has 0 aliphatic carbocycles. The predicted octanol–water partition coefficient (Wildman–Crippen LogP) is 3.03. The van der Waals surface area contributed by atoms with Gasteiger partial charge in [0.25, 0.3) is 5.91 Å². The average molecular weight is 297 g/mol. The molecule has 0 unspecified atom stereocenters. The van der Waals surface area contributed by atoms with Crippen molar-refractivity contribution in [3.05, 3.63) is 71.3 Å². The van der Waals surface area contributed by atoms with Gasteiger partial charge in [-0.25, -0.2) is 4.79 Å². The van der Waals surface area contributed by atoms with E-state index in [4.69, 9.17) is 4.74 Å². The minimum Gasteiger partial charge on any atom is -0.452 e. The van der Waals surface area contributed by atoms with Crippen LogP contribution in [0.1, 0.15) is 34.5 Å². The van der Waals surface area contributed by atoms with Crippen LogP contribution in [0.25, 0.3) is 0 Å². The molecular weight excluding hydrogens is 278 g/mol. The lowest BCUT2D eigenvalue weighted by Crippen LogP contribution is -2.31. The van der Waals surface area contributed by atoms with E-state index in [0.717, 1.165) is 11.1 Å². The summed E-state index contributed by atoms with van der Waals surface area (Å²) in [5.74, 6) is -0.816. The first-order valence-electron chi connectivity index (χ1n) is 7.14. The summed E-state index contributed by atoms with van der Waals surface area (Å²) in [4.78, 5) is 23.7. The molecule has 2 aromatic rings. The Morgan fingerprint density at radius 1 is 1.09 bits per heavy atom. The third-order valence-corrected chi connectivity index (χ3v) is 3.27. The van der Waals surface area contributed by atoms with Crippen molar-refractivity contribution in [2.45, 2.75) is 19.9 Å². The lowest BCUT2D eigenvalue weighted by molar-refractivity contribution is -0.124. The Balaban J connectivity index is 1.84. The van der Waals surface area contributed by atoms with Crippen molar-refractivity contribution in [3.63, 3.8) is 0 Å². The van der Waals surface area contributed by atoms with Gasteiger partial charge >= 0.3 is 5.97 Å². The number of esters is 1. The van der Waals surface area contributed by atoms with E-state index in [1.807, 2.05) is 50.2 Å². The fourth-order valence-electron chi connectivity index (χ4n) is 2.09. The molecule has 0 aliphatic heterocycles. The van der Waals surface area contributed by atoms with E-state index in [1.54, 1.807) is 18.2 Å². The third-order valence-electron chi connectivity index (χ3n) is 3.27. The minimum absolute atomic E-state index is 0.133. The number of amides is 1. The molecule has 4 nitrogen and oxygen atoms in total. The van der Waals surface area contributed by atoms with Crippen molar-refractivity contribution in [3.8, 4) is 0 Å². The summed E-state index contributed by atoms with van der Waals surface area (Å²) in [5.41, 5.74) is 2.42. The summed E-state index contributed by atoms with van der Waals surface area (Å²) >= 11 is 0. The minimum atomic E-state index is -0.494. The quantitative estimate of drug-likeness (QED) is 0.863. The summed E-state index contributed by atoms with van der Waals surface area (Å²) < 4.78 is 5.03. The summed E-state index contributed by atoms with van der Waals surface area (Å²) in [7, 11) is 0. The predicted molar refractivity (Wildman–Crippen MR) is 84.5 cm³/mol. The second-order valence-corrected chi connectivity index (χ2v) is 5.15. The Hall–Kier alpha value is -2.62. The van der Waals surface area contributed by atoms with E-state index in [-0.39, 0.29) is 18.6 Å². The van der Waals surface area contributed by atoms with Crippen LogP contribution in [0.5, 0.6) is 0 Å². The van der Waals surface area contributed by atoms with Gasteiger partial charge in [0.05, 0.1) is 11.6 Å². The van der Waals surface area contributed by atoms with Crippen molar-refractivity contribution >= 4 is 11.9 Å². The van der Waals surface area contributed by atoms with Gasteiger partial charge in [0, 0.05) is 0 Å². The van der Waals surface area contributed by atoms with E-state index in [9.17, 15) is 9.59 Å². The summed E-state index contributed by atoms with van der Waals surface area (Å²) in [6.07, 6.45) is 0. The molecule has 4 heteroatoms. The summed E-state index contributed by atoms with van der Waals surface area (Å²) in [6.45, 7) is 3.49. The second-order valence-electron chi connectivity index (χ2n) is 5.15. The van der Waals surface area contributed by atoms with Crippen molar-refractivity contribution in [1.29, 1.82) is 0 Å².